The zero-order valence-electron chi connectivity index (χ0n) is 25.8. The summed E-state index contributed by atoms with van der Waals surface area (Å²) in [5.74, 6) is 0.705. The molecule has 44 heavy (non-hydrogen) atoms. The van der Waals surface area contributed by atoms with Crippen molar-refractivity contribution in [2.75, 3.05) is 0 Å². The van der Waals surface area contributed by atoms with Gasteiger partial charge in [0.25, 0.3) is 0 Å². The highest BCUT2D eigenvalue weighted by atomic mass is 15.0. The first-order valence-corrected chi connectivity index (χ1v) is 16.2. The number of benzene rings is 4. The second-order valence-electron chi connectivity index (χ2n) is 12.8. The average Bonchev–Trinajstić information content (AvgIpc) is 3.61. The molecule has 0 amide bonds. The van der Waals surface area contributed by atoms with Crippen molar-refractivity contribution in [2.45, 2.75) is 57.8 Å². The molecule has 7 rings (SSSR count). The van der Waals surface area contributed by atoms with Crippen LogP contribution >= 0.6 is 0 Å². The molecule has 0 unspecified atom stereocenters. The average molecular weight is 575 g/mol. The maximum atomic E-state index is 4.58. The second-order valence-corrected chi connectivity index (χ2v) is 12.8. The number of para-hydroxylation sites is 2. The van der Waals surface area contributed by atoms with E-state index >= 15 is 0 Å². The Bertz CT molecular complexity index is 2070. The molecule has 1 saturated carbocycles. The van der Waals surface area contributed by atoms with Gasteiger partial charge >= 0.3 is 0 Å². The van der Waals surface area contributed by atoms with E-state index in [0.717, 1.165) is 42.5 Å². The largest absolute Gasteiger partial charge is 0.355 e. The molecule has 2 aromatic heterocycles. The Hall–Kier alpha value is -4.56. The van der Waals surface area contributed by atoms with Crippen LogP contribution in [-0.2, 0) is 0 Å². The Morgan fingerprint density at radius 2 is 1.20 bits per heavy atom. The molecule has 1 aliphatic rings. The molecule has 0 aliphatic heterocycles. The fraction of sp³-hybridized carbons (Fsp3) is 0.238. The van der Waals surface area contributed by atoms with Gasteiger partial charge in [-0.2, -0.15) is 0 Å². The predicted octanol–water partition coefficient (Wildman–Crippen LogP) is 12.4. The van der Waals surface area contributed by atoms with Gasteiger partial charge in [-0.1, -0.05) is 111 Å². The number of nitrogens with one attached hydrogen (secondary N) is 1. The Labute approximate surface area is 261 Å². The van der Waals surface area contributed by atoms with Crippen molar-refractivity contribution in [1.82, 2.24) is 9.55 Å². The van der Waals surface area contributed by atoms with Crippen molar-refractivity contribution >= 4 is 49.3 Å². The van der Waals surface area contributed by atoms with Crippen molar-refractivity contribution in [1.29, 1.82) is 0 Å². The minimum atomic E-state index is 0.705. The Morgan fingerprint density at radius 1 is 0.591 bits per heavy atom. The lowest BCUT2D eigenvalue weighted by molar-refractivity contribution is 0.396. The lowest BCUT2D eigenvalue weighted by atomic mass is 9.82. The van der Waals surface area contributed by atoms with Gasteiger partial charge in [0.15, 0.2) is 0 Å². The van der Waals surface area contributed by atoms with Crippen LogP contribution in [0.15, 0.2) is 128 Å². The highest BCUT2D eigenvalue weighted by molar-refractivity contribution is 6.12. The number of allylic oxidation sites excluding steroid dienone is 4. The van der Waals surface area contributed by atoms with Gasteiger partial charge in [0.05, 0.1) is 11.0 Å². The Balaban J connectivity index is 1.11. The van der Waals surface area contributed by atoms with Crippen LogP contribution in [0.3, 0.4) is 0 Å². The van der Waals surface area contributed by atoms with E-state index in [1.807, 2.05) is 0 Å². The first kappa shape index (κ1) is 28.2. The maximum absolute atomic E-state index is 4.58. The van der Waals surface area contributed by atoms with E-state index in [-0.39, 0.29) is 0 Å². The monoisotopic (exact) mass is 574 g/mol. The molecular formula is C42H42N2. The van der Waals surface area contributed by atoms with Gasteiger partial charge < -0.3 is 9.55 Å². The number of fused-ring (bicyclic) bond motifs is 6. The number of H-pyrrole nitrogens is 1. The van der Waals surface area contributed by atoms with Crippen LogP contribution in [0.4, 0.5) is 0 Å². The number of nitrogens with zero attached hydrogens (tertiary/aromatic N) is 1. The second kappa shape index (κ2) is 11.8. The van der Waals surface area contributed by atoms with E-state index in [0.29, 0.717) is 5.92 Å². The smallest absolute Gasteiger partial charge is 0.0538 e. The van der Waals surface area contributed by atoms with Crippen molar-refractivity contribution in [2.24, 2.45) is 5.92 Å². The minimum Gasteiger partial charge on any atom is -0.355 e. The summed E-state index contributed by atoms with van der Waals surface area (Å²) in [5.41, 5.74) is 12.0. The molecule has 0 spiro atoms. The molecule has 1 aliphatic carbocycles. The molecule has 2 nitrogen and oxygen atoms in total. The van der Waals surface area contributed by atoms with Crippen molar-refractivity contribution in [3.8, 4) is 11.1 Å². The maximum Gasteiger partial charge on any atom is 0.0538 e. The van der Waals surface area contributed by atoms with E-state index in [1.54, 1.807) is 0 Å². The summed E-state index contributed by atoms with van der Waals surface area (Å²) < 4.78 is 2.35. The fourth-order valence-electron chi connectivity index (χ4n) is 7.31. The van der Waals surface area contributed by atoms with E-state index in [9.17, 15) is 0 Å². The van der Waals surface area contributed by atoms with E-state index in [4.69, 9.17) is 0 Å². The third-order valence-electron chi connectivity index (χ3n) is 9.97. The topological polar surface area (TPSA) is 20.7 Å². The van der Waals surface area contributed by atoms with Crippen LogP contribution in [0, 0.1) is 5.92 Å². The highest BCUT2D eigenvalue weighted by Gasteiger charge is 2.18. The van der Waals surface area contributed by atoms with Gasteiger partial charge in [0, 0.05) is 38.3 Å². The molecule has 1 N–H and O–H groups in total. The lowest BCUT2D eigenvalue weighted by Crippen LogP contribution is -2.08. The number of rotatable bonds is 10. The zero-order chi connectivity index (χ0) is 30.2. The van der Waals surface area contributed by atoms with Gasteiger partial charge in [-0.25, -0.2) is 0 Å². The third kappa shape index (κ3) is 5.24. The summed E-state index contributed by atoms with van der Waals surface area (Å²) in [6, 6.07) is 30.8. The van der Waals surface area contributed by atoms with Crippen molar-refractivity contribution in [3.05, 3.63) is 128 Å². The molecule has 220 valence electrons. The molecule has 0 atom stereocenters. The van der Waals surface area contributed by atoms with Gasteiger partial charge in [0.1, 0.15) is 0 Å². The van der Waals surface area contributed by atoms with E-state index < -0.39 is 0 Å². The highest BCUT2D eigenvalue weighted by Crippen LogP contribution is 2.37. The molecule has 4 aromatic carbocycles. The SMILES string of the molecule is C=C(CCC(=C)C1CCCCC1)C(=C)CCC(=C)n1c2ccccc2c2cc(-c3ccc4[nH]c5ccccc5c4c3)ccc21. The molecule has 0 saturated heterocycles. The summed E-state index contributed by atoms with van der Waals surface area (Å²) >= 11 is 0. The van der Waals surface area contributed by atoms with Crippen LogP contribution in [0.5, 0.6) is 0 Å². The molecule has 2 heteroatoms. The van der Waals surface area contributed by atoms with Crippen LogP contribution in [-0.4, -0.2) is 9.55 Å². The normalized spacial score (nSPS) is 14.1. The van der Waals surface area contributed by atoms with Crippen molar-refractivity contribution in [3.63, 3.8) is 0 Å². The summed E-state index contributed by atoms with van der Waals surface area (Å²) in [6.45, 7) is 17.8. The molecule has 2 heterocycles. The third-order valence-corrected chi connectivity index (χ3v) is 9.97. The van der Waals surface area contributed by atoms with Gasteiger partial charge in [0.2, 0.25) is 0 Å². The van der Waals surface area contributed by atoms with E-state index in [2.05, 4.69) is 121 Å². The van der Waals surface area contributed by atoms with Crippen LogP contribution in [0.25, 0.3) is 60.4 Å². The van der Waals surface area contributed by atoms with Crippen molar-refractivity contribution < 1.29 is 0 Å². The Morgan fingerprint density at radius 3 is 2.00 bits per heavy atom. The van der Waals surface area contributed by atoms with Crippen LogP contribution in [0.2, 0.25) is 0 Å². The first-order chi connectivity index (χ1) is 21.5. The quantitative estimate of drug-likeness (QED) is 0.124. The summed E-state index contributed by atoms with van der Waals surface area (Å²) in [7, 11) is 0. The summed E-state index contributed by atoms with van der Waals surface area (Å²) in [6.07, 6.45) is 10.4. The van der Waals surface area contributed by atoms with Crippen LogP contribution in [0.1, 0.15) is 57.8 Å². The first-order valence-electron chi connectivity index (χ1n) is 16.2. The van der Waals surface area contributed by atoms with Gasteiger partial charge in [-0.3, -0.25) is 0 Å². The fourth-order valence-corrected chi connectivity index (χ4v) is 7.31. The van der Waals surface area contributed by atoms with Crippen LogP contribution < -0.4 is 0 Å². The minimum absolute atomic E-state index is 0.705. The number of aromatic nitrogens is 2. The molecule has 0 bridgehead atoms. The number of hydrogen-bond donors (Lipinski definition) is 1. The summed E-state index contributed by atoms with van der Waals surface area (Å²) in [5, 5.41) is 5.02. The Kier molecular flexibility index (Phi) is 7.60. The van der Waals surface area contributed by atoms with Gasteiger partial charge in [-0.05, 0) is 92.0 Å². The lowest BCUT2D eigenvalue weighted by Gasteiger charge is -2.24. The molecule has 0 radical (unpaired) electrons. The molecular weight excluding hydrogens is 532 g/mol. The van der Waals surface area contributed by atoms with E-state index in [1.165, 1.54) is 92.4 Å². The molecule has 6 aromatic rings. The predicted molar refractivity (Wildman–Crippen MR) is 192 cm³/mol. The van der Waals surface area contributed by atoms with Gasteiger partial charge in [-0.15, -0.1) is 0 Å². The number of hydrogen-bond acceptors (Lipinski definition) is 0. The zero-order valence-corrected chi connectivity index (χ0v) is 25.8. The standard InChI is InChI=1S/C42H42N2/c1-28(18-19-30(3)32-12-6-5-7-13-32)29(2)20-21-31(4)44-41-17-11-9-15-36(41)38-27-34(23-25-42(38)44)33-22-24-40-37(26-33)35-14-8-10-16-39(35)43-40/h8-11,14-17,22-27,32,43H,1-7,12-13,18-21H2. The number of aromatic amines is 1. The summed E-state index contributed by atoms with van der Waals surface area (Å²) in [4.78, 5) is 3.55. The molecule has 1 fully saturated rings.